The molecule has 1 aliphatic rings. The summed E-state index contributed by atoms with van der Waals surface area (Å²) in [4.78, 5) is 2.38. The first-order chi connectivity index (χ1) is 16.0. The number of hydrogen-bond donors (Lipinski definition) is 0. The van der Waals surface area contributed by atoms with Crippen molar-refractivity contribution in [3.63, 3.8) is 0 Å². The van der Waals surface area contributed by atoms with Crippen LogP contribution in [0.5, 0.6) is 0 Å². The molecule has 0 unspecified atom stereocenters. The molecule has 0 aliphatic heterocycles. The van der Waals surface area contributed by atoms with Gasteiger partial charge in [-0.25, -0.2) is 0 Å². The number of benzene rings is 5. The zero-order valence-electron chi connectivity index (χ0n) is 18.7. The fourth-order valence-corrected chi connectivity index (χ4v) is 5.52. The molecule has 5 aromatic rings. The zero-order chi connectivity index (χ0) is 22.6. The molecule has 0 saturated heterocycles. The van der Waals surface area contributed by atoms with Crippen LogP contribution in [0.4, 0.5) is 17.1 Å². The van der Waals surface area contributed by atoms with Crippen molar-refractivity contribution in [3.05, 3.63) is 125 Å². The maximum Gasteiger partial charge on any atom is 0.0540 e. The quantitative estimate of drug-likeness (QED) is 0.244. The van der Waals surface area contributed by atoms with Crippen molar-refractivity contribution >= 4 is 43.8 Å². The Bertz CT molecular complexity index is 1490. The molecule has 1 nitrogen and oxygen atoms in total. The summed E-state index contributed by atoms with van der Waals surface area (Å²) in [6, 6.07) is 39.5. The predicted octanol–water partition coefficient (Wildman–Crippen LogP) is 9.38. The summed E-state index contributed by atoms with van der Waals surface area (Å²) in [5.74, 6) is 0. The second-order valence-corrected chi connectivity index (χ2v) is 10.1. The van der Waals surface area contributed by atoms with Gasteiger partial charge < -0.3 is 4.90 Å². The van der Waals surface area contributed by atoms with E-state index in [1.165, 1.54) is 44.4 Å². The summed E-state index contributed by atoms with van der Waals surface area (Å²) in [7, 11) is 0. The Morgan fingerprint density at radius 1 is 0.606 bits per heavy atom. The first-order valence-corrected chi connectivity index (χ1v) is 12.1. The number of nitrogens with zero attached hydrogens (tertiary/aromatic N) is 1. The van der Waals surface area contributed by atoms with E-state index >= 15 is 0 Å². The molecule has 33 heavy (non-hydrogen) atoms. The summed E-state index contributed by atoms with van der Waals surface area (Å²) in [6.07, 6.45) is 0. The van der Waals surface area contributed by atoms with Gasteiger partial charge in [0.2, 0.25) is 0 Å². The summed E-state index contributed by atoms with van der Waals surface area (Å²) < 4.78 is 1.08. The molecule has 5 aromatic carbocycles. The fourth-order valence-electron chi connectivity index (χ4n) is 5.25. The Morgan fingerprint density at radius 3 is 2.12 bits per heavy atom. The summed E-state index contributed by atoms with van der Waals surface area (Å²) >= 11 is 3.60. The van der Waals surface area contributed by atoms with Crippen LogP contribution in [0.25, 0.3) is 21.9 Å². The molecule has 0 saturated carbocycles. The molecule has 0 bridgehead atoms. The molecular weight excluding hydrogens is 466 g/mol. The predicted molar refractivity (Wildman–Crippen MR) is 144 cm³/mol. The minimum absolute atomic E-state index is 0.0356. The van der Waals surface area contributed by atoms with Crippen LogP contribution in [0.15, 0.2) is 114 Å². The van der Waals surface area contributed by atoms with Crippen molar-refractivity contribution in [1.82, 2.24) is 0 Å². The molecule has 2 heteroatoms. The van der Waals surface area contributed by atoms with Gasteiger partial charge in [0.05, 0.1) is 5.69 Å². The zero-order valence-corrected chi connectivity index (χ0v) is 20.3. The average Bonchev–Trinajstić information content (AvgIpc) is 3.07. The number of anilines is 3. The molecule has 0 amide bonds. The first kappa shape index (κ1) is 20.3. The van der Waals surface area contributed by atoms with Gasteiger partial charge in [0.15, 0.2) is 0 Å². The number of hydrogen-bond acceptors (Lipinski definition) is 1. The number of halogens is 1. The van der Waals surface area contributed by atoms with Crippen LogP contribution in [-0.2, 0) is 5.41 Å². The van der Waals surface area contributed by atoms with Gasteiger partial charge in [0.1, 0.15) is 0 Å². The van der Waals surface area contributed by atoms with Gasteiger partial charge in [-0.2, -0.15) is 0 Å². The van der Waals surface area contributed by atoms with Crippen LogP contribution in [0.3, 0.4) is 0 Å². The van der Waals surface area contributed by atoms with Crippen molar-refractivity contribution in [1.29, 1.82) is 0 Å². The standard InChI is InChI=1S/C31H24BrN/c1-31(2)28-12-6-5-11-26(28)27-19-18-24(20-29(27)31)33(23-16-14-22(32)15-17-23)30-13-7-9-21-8-3-4-10-25(21)30/h3-20H,1-2H3. The van der Waals surface area contributed by atoms with Crippen LogP contribution in [0, 0.1) is 0 Å². The third-order valence-corrected chi connectivity index (χ3v) is 7.45. The van der Waals surface area contributed by atoms with Gasteiger partial charge in [-0.15, -0.1) is 0 Å². The second-order valence-electron chi connectivity index (χ2n) is 9.21. The number of fused-ring (bicyclic) bond motifs is 4. The summed E-state index contributed by atoms with van der Waals surface area (Å²) in [6.45, 7) is 4.67. The Labute approximate surface area is 203 Å². The van der Waals surface area contributed by atoms with E-state index in [0.29, 0.717) is 0 Å². The highest BCUT2D eigenvalue weighted by Gasteiger charge is 2.35. The topological polar surface area (TPSA) is 3.24 Å². The van der Waals surface area contributed by atoms with Crippen molar-refractivity contribution in [3.8, 4) is 11.1 Å². The Balaban J connectivity index is 1.60. The monoisotopic (exact) mass is 489 g/mol. The van der Waals surface area contributed by atoms with Crippen LogP contribution in [-0.4, -0.2) is 0 Å². The molecule has 160 valence electrons. The Hall–Kier alpha value is -3.36. The van der Waals surface area contributed by atoms with Crippen molar-refractivity contribution in [2.75, 3.05) is 4.90 Å². The smallest absolute Gasteiger partial charge is 0.0540 e. The normalized spacial score (nSPS) is 13.5. The van der Waals surface area contributed by atoms with Gasteiger partial charge >= 0.3 is 0 Å². The number of rotatable bonds is 3. The van der Waals surface area contributed by atoms with Gasteiger partial charge in [-0.1, -0.05) is 96.5 Å². The maximum absolute atomic E-state index is 3.60. The molecule has 0 radical (unpaired) electrons. The fraction of sp³-hybridized carbons (Fsp3) is 0.0968. The van der Waals surface area contributed by atoms with E-state index in [1.807, 2.05) is 0 Å². The third-order valence-electron chi connectivity index (χ3n) is 6.92. The van der Waals surface area contributed by atoms with E-state index < -0.39 is 0 Å². The van der Waals surface area contributed by atoms with E-state index in [0.717, 1.165) is 10.2 Å². The van der Waals surface area contributed by atoms with Crippen LogP contribution in [0.1, 0.15) is 25.0 Å². The first-order valence-electron chi connectivity index (χ1n) is 11.3. The van der Waals surface area contributed by atoms with E-state index in [9.17, 15) is 0 Å². The van der Waals surface area contributed by atoms with E-state index in [4.69, 9.17) is 0 Å². The van der Waals surface area contributed by atoms with Crippen molar-refractivity contribution < 1.29 is 0 Å². The molecule has 6 rings (SSSR count). The van der Waals surface area contributed by atoms with Crippen LogP contribution >= 0.6 is 15.9 Å². The Kier molecular flexibility index (Phi) is 4.67. The van der Waals surface area contributed by atoms with Crippen LogP contribution in [0.2, 0.25) is 0 Å². The lowest BCUT2D eigenvalue weighted by atomic mass is 9.82. The molecule has 0 atom stereocenters. The van der Waals surface area contributed by atoms with Gasteiger partial charge in [-0.05, 0) is 70.1 Å². The molecule has 0 aromatic heterocycles. The van der Waals surface area contributed by atoms with Crippen molar-refractivity contribution in [2.45, 2.75) is 19.3 Å². The van der Waals surface area contributed by atoms with E-state index in [1.54, 1.807) is 0 Å². The second kappa shape index (κ2) is 7.60. The molecule has 1 aliphatic carbocycles. The van der Waals surface area contributed by atoms with E-state index in [2.05, 4.69) is 144 Å². The highest BCUT2D eigenvalue weighted by Crippen LogP contribution is 2.50. The lowest BCUT2D eigenvalue weighted by Crippen LogP contribution is -2.16. The van der Waals surface area contributed by atoms with Crippen molar-refractivity contribution in [2.24, 2.45) is 0 Å². The summed E-state index contributed by atoms with van der Waals surface area (Å²) in [5.41, 5.74) is 8.94. The van der Waals surface area contributed by atoms with Gasteiger partial charge in [0, 0.05) is 26.6 Å². The minimum Gasteiger partial charge on any atom is -0.310 e. The minimum atomic E-state index is -0.0356. The highest BCUT2D eigenvalue weighted by atomic mass is 79.9. The molecule has 0 fully saturated rings. The molecule has 0 N–H and O–H groups in total. The van der Waals surface area contributed by atoms with Crippen LogP contribution < -0.4 is 4.90 Å². The lowest BCUT2D eigenvalue weighted by molar-refractivity contribution is 0.660. The van der Waals surface area contributed by atoms with Gasteiger partial charge in [0.25, 0.3) is 0 Å². The molecule has 0 heterocycles. The SMILES string of the molecule is CC1(C)c2ccccc2-c2ccc(N(c3ccc(Br)cc3)c3cccc4ccccc34)cc21. The maximum atomic E-state index is 3.60. The largest absolute Gasteiger partial charge is 0.310 e. The third kappa shape index (κ3) is 3.20. The van der Waals surface area contributed by atoms with Gasteiger partial charge in [-0.3, -0.25) is 0 Å². The summed E-state index contributed by atoms with van der Waals surface area (Å²) in [5, 5.41) is 2.48. The highest BCUT2D eigenvalue weighted by molar-refractivity contribution is 9.10. The average molecular weight is 490 g/mol. The lowest BCUT2D eigenvalue weighted by Gasteiger charge is -2.29. The molecular formula is C31H24BrN. The van der Waals surface area contributed by atoms with E-state index in [-0.39, 0.29) is 5.41 Å². The molecule has 0 spiro atoms. The Morgan fingerprint density at radius 2 is 1.27 bits per heavy atom.